The molecule has 0 fully saturated rings. The highest BCUT2D eigenvalue weighted by molar-refractivity contribution is 5.98. The number of likely N-dealkylation sites (N-methyl/N-ethyl adjacent to an activating group) is 1. The van der Waals surface area contributed by atoms with Gasteiger partial charge in [-0.3, -0.25) is 4.79 Å². The lowest BCUT2D eigenvalue weighted by Crippen LogP contribution is -2.38. The summed E-state index contributed by atoms with van der Waals surface area (Å²) in [6, 6.07) is 9.48. The van der Waals surface area contributed by atoms with E-state index in [0.717, 1.165) is 28.2 Å². The van der Waals surface area contributed by atoms with Crippen molar-refractivity contribution in [1.82, 2.24) is 9.38 Å². The van der Waals surface area contributed by atoms with Crippen molar-refractivity contribution in [3.05, 3.63) is 48.3 Å². The van der Waals surface area contributed by atoms with Crippen molar-refractivity contribution in [2.45, 2.75) is 13.5 Å². The molecule has 122 valence electrons. The zero-order valence-corrected chi connectivity index (χ0v) is 13.3. The summed E-state index contributed by atoms with van der Waals surface area (Å²) in [5.74, 6) is 0.677. The van der Waals surface area contributed by atoms with Crippen molar-refractivity contribution in [3.63, 3.8) is 0 Å². The molecule has 0 spiro atoms. The van der Waals surface area contributed by atoms with Crippen LogP contribution in [0.4, 0.5) is 5.69 Å². The first-order valence-corrected chi connectivity index (χ1v) is 7.85. The summed E-state index contributed by atoms with van der Waals surface area (Å²) in [6.45, 7) is 2.62. The number of amides is 1. The molecule has 0 saturated heterocycles. The van der Waals surface area contributed by atoms with Crippen LogP contribution in [0.1, 0.15) is 12.5 Å². The van der Waals surface area contributed by atoms with Gasteiger partial charge in [-0.05, 0) is 36.8 Å². The van der Waals surface area contributed by atoms with Crippen LogP contribution in [-0.2, 0) is 11.4 Å². The lowest BCUT2D eigenvalue weighted by molar-refractivity contribution is -0.121. The average molecular weight is 323 g/mol. The number of hydrogen-bond donors (Lipinski definition) is 1. The Kier molecular flexibility index (Phi) is 3.46. The monoisotopic (exact) mass is 323 g/mol. The number of rotatable bonds is 3. The Bertz CT molecular complexity index is 932. The summed E-state index contributed by atoms with van der Waals surface area (Å²) < 4.78 is 7.39. The molecular formula is C18H17N3O3. The molecule has 3 heterocycles. The van der Waals surface area contributed by atoms with Crippen molar-refractivity contribution in [1.29, 1.82) is 0 Å². The smallest absolute Gasteiger partial charge is 0.265 e. The fourth-order valence-electron chi connectivity index (χ4n) is 2.98. The highest BCUT2D eigenvalue weighted by atomic mass is 16.5. The molecule has 6 heteroatoms. The van der Waals surface area contributed by atoms with E-state index in [-0.39, 0.29) is 19.1 Å². The molecule has 0 bridgehead atoms. The fraction of sp³-hybridized carbons (Fsp3) is 0.222. The fourth-order valence-corrected chi connectivity index (χ4v) is 2.98. The quantitative estimate of drug-likeness (QED) is 0.803. The van der Waals surface area contributed by atoms with Crippen LogP contribution in [-0.4, -0.2) is 33.6 Å². The number of aromatic nitrogens is 2. The Morgan fingerprint density at radius 2 is 2.12 bits per heavy atom. The molecule has 1 aromatic carbocycles. The van der Waals surface area contributed by atoms with Gasteiger partial charge in [0.2, 0.25) is 0 Å². The van der Waals surface area contributed by atoms with Crippen molar-refractivity contribution in [3.8, 4) is 17.0 Å². The molecular weight excluding hydrogens is 306 g/mol. The van der Waals surface area contributed by atoms with Crippen LogP contribution < -0.4 is 9.64 Å². The molecule has 2 aromatic heterocycles. The minimum absolute atomic E-state index is 0.00674. The predicted molar refractivity (Wildman–Crippen MR) is 90.1 cm³/mol. The van der Waals surface area contributed by atoms with Gasteiger partial charge in [0.25, 0.3) is 5.91 Å². The van der Waals surface area contributed by atoms with Crippen LogP contribution in [0.2, 0.25) is 0 Å². The number of carbonyl (C=O) groups excluding carboxylic acids is 1. The summed E-state index contributed by atoms with van der Waals surface area (Å²) in [5, 5.41) is 9.25. The maximum Gasteiger partial charge on any atom is 0.265 e. The lowest BCUT2D eigenvalue weighted by atomic mass is 10.1. The Balaban J connectivity index is 1.80. The standard InChI is InChI=1S/C18H17N3O3/c1-2-21-15-7-13(4-5-16(15)24-11-18(21)23)14-9-20-8-12(10-22)3-6-17(20)19-14/h3-9,22H,2,10-11H2,1H3. The molecule has 3 aromatic rings. The van der Waals surface area contributed by atoms with Gasteiger partial charge in [0.05, 0.1) is 18.0 Å². The number of hydrogen-bond acceptors (Lipinski definition) is 4. The van der Waals surface area contributed by atoms with Crippen molar-refractivity contribution in [2.75, 3.05) is 18.1 Å². The number of aliphatic hydroxyl groups excluding tert-OH is 1. The minimum Gasteiger partial charge on any atom is -0.482 e. The molecule has 0 saturated carbocycles. The number of anilines is 1. The highest BCUT2D eigenvalue weighted by Crippen LogP contribution is 2.35. The van der Waals surface area contributed by atoms with Crippen LogP contribution in [0.3, 0.4) is 0 Å². The first kappa shape index (κ1) is 14.7. The van der Waals surface area contributed by atoms with Crippen molar-refractivity contribution in [2.24, 2.45) is 0 Å². The van der Waals surface area contributed by atoms with Crippen LogP contribution >= 0.6 is 0 Å². The zero-order chi connectivity index (χ0) is 16.7. The highest BCUT2D eigenvalue weighted by Gasteiger charge is 2.24. The molecule has 0 aliphatic carbocycles. The number of benzene rings is 1. The van der Waals surface area contributed by atoms with Gasteiger partial charge >= 0.3 is 0 Å². The van der Waals surface area contributed by atoms with E-state index in [1.165, 1.54) is 0 Å². The molecule has 0 unspecified atom stereocenters. The minimum atomic E-state index is -0.0373. The number of aliphatic hydroxyl groups is 1. The largest absolute Gasteiger partial charge is 0.482 e. The van der Waals surface area contributed by atoms with Gasteiger partial charge in [-0.25, -0.2) is 4.98 Å². The first-order chi connectivity index (χ1) is 11.7. The number of carbonyl (C=O) groups is 1. The van der Waals surface area contributed by atoms with Gasteiger partial charge in [-0.15, -0.1) is 0 Å². The molecule has 1 aliphatic rings. The van der Waals surface area contributed by atoms with E-state index in [0.29, 0.717) is 12.3 Å². The molecule has 1 aliphatic heterocycles. The summed E-state index contributed by atoms with van der Waals surface area (Å²) in [6.07, 6.45) is 3.77. The third-order valence-electron chi connectivity index (χ3n) is 4.21. The number of nitrogens with zero attached hydrogens (tertiary/aromatic N) is 3. The van der Waals surface area contributed by atoms with Crippen LogP contribution in [0.15, 0.2) is 42.7 Å². The van der Waals surface area contributed by atoms with Gasteiger partial charge in [0.15, 0.2) is 6.61 Å². The second kappa shape index (κ2) is 5.65. The molecule has 1 amide bonds. The van der Waals surface area contributed by atoms with E-state index in [1.54, 1.807) is 4.90 Å². The third kappa shape index (κ3) is 2.32. The predicted octanol–water partition coefficient (Wildman–Crippen LogP) is 2.24. The number of pyridine rings is 1. The van der Waals surface area contributed by atoms with Crippen molar-refractivity contribution < 1.29 is 14.6 Å². The first-order valence-electron chi connectivity index (χ1n) is 7.85. The Hall–Kier alpha value is -2.86. The Morgan fingerprint density at radius 1 is 1.25 bits per heavy atom. The average Bonchev–Trinajstić information content (AvgIpc) is 3.04. The summed E-state index contributed by atoms with van der Waals surface area (Å²) in [4.78, 5) is 18.3. The van der Waals surface area contributed by atoms with E-state index in [1.807, 2.05) is 54.0 Å². The van der Waals surface area contributed by atoms with E-state index in [9.17, 15) is 9.90 Å². The van der Waals surface area contributed by atoms with Crippen LogP contribution in [0.25, 0.3) is 16.9 Å². The van der Waals surface area contributed by atoms with E-state index in [4.69, 9.17) is 4.74 Å². The topological polar surface area (TPSA) is 67.1 Å². The van der Waals surface area contributed by atoms with E-state index >= 15 is 0 Å². The summed E-state index contributed by atoms with van der Waals surface area (Å²) >= 11 is 0. The van der Waals surface area contributed by atoms with Gasteiger partial charge in [0, 0.05) is 24.5 Å². The molecule has 0 atom stereocenters. The van der Waals surface area contributed by atoms with Gasteiger partial charge in [0.1, 0.15) is 11.4 Å². The van der Waals surface area contributed by atoms with E-state index in [2.05, 4.69) is 4.98 Å². The van der Waals surface area contributed by atoms with Gasteiger partial charge in [-0.2, -0.15) is 0 Å². The molecule has 0 radical (unpaired) electrons. The maximum absolute atomic E-state index is 12.0. The van der Waals surface area contributed by atoms with Gasteiger partial charge in [-0.1, -0.05) is 6.07 Å². The third-order valence-corrected chi connectivity index (χ3v) is 4.21. The Morgan fingerprint density at radius 3 is 2.92 bits per heavy atom. The van der Waals surface area contributed by atoms with E-state index < -0.39 is 0 Å². The summed E-state index contributed by atoms with van der Waals surface area (Å²) in [7, 11) is 0. The van der Waals surface area contributed by atoms with Crippen LogP contribution in [0.5, 0.6) is 5.75 Å². The molecule has 24 heavy (non-hydrogen) atoms. The lowest BCUT2D eigenvalue weighted by Gasteiger charge is -2.28. The summed E-state index contributed by atoms with van der Waals surface area (Å²) in [5.41, 5.74) is 4.13. The normalized spacial score (nSPS) is 13.9. The molecule has 6 nitrogen and oxygen atoms in total. The molecule has 1 N–H and O–H groups in total. The Labute approximate surface area is 138 Å². The van der Waals surface area contributed by atoms with Crippen molar-refractivity contribution >= 4 is 17.2 Å². The number of ether oxygens (including phenoxy) is 1. The van der Waals surface area contributed by atoms with Gasteiger partial charge < -0.3 is 19.1 Å². The maximum atomic E-state index is 12.0. The molecule has 4 rings (SSSR count). The number of fused-ring (bicyclic) bond motifs is 2. The second-order valence-corrected chi connectivity index (χ2v) is 5.70. The number of imidazole rings is 1. The zero-order valence-electron chi connectivity index (χ0n) is 13.3. The second-order valence-electron chi connectivity index (χ2n) is 5.70. The van der Waals surface area contributed by atoms with Crippen LogP contribution in [0, 0.1) is 0 Å². The SMILES string of the molecule is CCN1C(=O)COc2ccc(-c3cn4cc(CO)ccc4n3)cc21.